The number of hydrogen-bond acceptors (Lipinski definition) is 4. The van der Waals surface area contributed by atoms with Gasteiger partial charge in [0.05, 0.1) is 0 Å². The summed E-state index contributed by atoms with van der Waals surface area (Å²) in [5, 5.41) is 9.24. The van der Waals surface area contributed by atoms with Crippen LogP contribution in [0.25, 0.3) is 0 Å². The number of aromatic nitrogens is 3. The number of nitrogens with zero attached hydrogens (tertiary/aromatic N) is 3. The molecule has 1 heterocycles. The lowest BCUT2D eigenvalue weighted by atomic mass is 10.3. The van der Waals surface area contributed by atoms with Crippen molar-refractivity contribution >= 4 is 11.8 Å². The number of hydrogen-bond donors (Lipinski definition) is 1. The first-order valence-corrected chi connectivity index (χ1v) is 5.36. The predicted octanol–water partition coefficient (Wildman–Crippen LogP) is 1.58. The highest BCUT2D eigenvalue weighted by atomic mass is 32.2. The van der Waals surface area contributed by atoms with Crippen LogP contribution in [-0.2, 0) is 0 Å². The Hall–Kier alpha value is -0.710. The maximum Gasteiger partial charge on any atom is 0.210 e. The molecule has 0 spiro atoms. The van der Waals surface area contributed by atoms with Gasteiger partial charge in [-0.15, -0.1) is 10.2 Å². The molecule has 4 nitrogen and oxygen atoms in total. The number of nitrogens with two attached hydrogens (primary N) is 1. The van der Waals surface area contributed by atoms with Gasteiger partial charge in [-0.25, -0.2) is 4.68 Å². The molecule has 1 aromatic rings. The van der Waals surface area contributed by atoms with Crippen LogP contribution in [0.3, 0.4) is 0 Å². The minimum atomic E-state index is 0.552. The Kier molecular flexibility index (Phi) is 3.59. The molecule has 2 N–H and O–H groups in total. The Balaban J connectivity index is 2.58. The van der Waals surface area contributed by atoms with E-state index in [-0.39, 0.29) is 0 Å². The van der Waals surface area contributed by atoms with E-state index in [4.69, 9.17) is 5.84 Å². The van der Waals surface area contributed by atoms with E-state index in [1.165, 1.54) is 17.5 Å². The third kappa shape index (κ3) is 2.62. The average molecular weight is 200 g/mol. The normalized spacial score (nSPS) is 13.2. The third-order valence-electron chi connectivity index (χ3n) is 1.84. The van der Waals surface area contributed by atoms with E-state index in [1.807, 2.05) is 6.92 Å². The molecule has 0 aliphatic heterocycles. The summed E-state index contributed by atoms with van der Waals surface area (Å²) in [6.45, 7) is 6.20. The van der Waals surface area contributed by atoms with Crippen molar-refractivity contribution in [2.75, 3.05) is 5.84 Å². The standard InChI is InChI=1S/C8H16N4S/c1-4-5-6(2)13-8-11-10-7(3)12(8)9/h6H,4-5,9H2,1-3H3/t6-/m0/s1. The van der Waals surface area contributed by atoms with Crippen molar-refractivity contribution in [2.24, 2.45) is 0 Å². The fourth-order valence-electron chi connectivity index (χ4n) is 1.08. The maximum absolute atomic E-state index is 5.72. The first-order valence-electron chi connectivity index (χ1n) is 4.49. The molecule has 0 fully saturated rings. The second kappa shape index (κ2) is 4.50. The van der Waals surface area contributed by atoms with Gasteiger partial charge < -0.3 is 5.84 Å². The first kappa shape index (κ1) is 10.4. The largest absolute Gasteiger partial charge is 0.336 e. The fourth-order valence-corrected chi connectivity index (χ4v) is 2.12. The minimum absolute atomic E-state index is 0.552. The topological polar surface area (TPSA) is 56.7 Å². The second-order valence-electron chi connectivity index (χ2n) is 3.12. The molecule has 13 heavy (non-hydrogen) atoms. The summed E-state index contributed by atoms with van der Waals surface area (Å²) in [5.41, 5.74) is 0. The molecule has 5 heteroatoms. The van der Waals surface area contributed by atoms with E-state index in [0.717, 1.165) is 11.0 Å². The van der Waals surface area contributed by atoms with Gasteiger partial charge in [-0.05, 0) is 13.3 Å². The van der Waals surface area contributed by atoms with E-state index in [2.05, 4.69) is 24.0 Å². The van der Waals surface area contributed by atoms with Gasteiger partial charge >= 0.3 is 0 Å². The van der Waals surface area contributed by atoms with Crippen molar-refractivity contribution < 1.29 is 0 Å². The number of nitrogen functional groups attached to an aromatic ring is 1. The molecule has 1 aromatic heterocycles. The van der Waals surface area contributed by atoms with Crippen molar-refractivity contribution in [3.8, 4) is 0 Å². The summed E-state index contributed by atoms with van der Waals surface area (Å²) in [6.07, 6.45) is 2.36. The van der Waals surface area contributed by atoms with Gasteiger partial charge in [0.15, 0.2) is 0 Å². The summed E-state index contributed by atoms with van der Waals surface area (Å²) in [6, 6.07) is 0. The van der Waals surface area contributed by atoms with Crippen molar-refractivity contribution in [2.45, 2.75) is 44.0 Å². The summed E-state index contributed by atoms with van der Waals surface area (Å²) in [4.78, 5) is 0. The summed E-state index contributed by atoms with van der Waals surface area (Å²) >= 11 is 1.68. The van der Waals surface area contributed by atoms with Gasteiger partial charge in [0.1, 0.15) is 5.82 Å². The van der Waals surface area contributed by atoms with Gasteiger partial charge in [0.2, 0.25) is 5.16 Å². The average Bonchev–Trinajstić information content (AvgIpc) is 2.37. The van der Waals surface area contributed by atoms with E-state index >= 15 is 0 Å². The van der Waals surface area contributed by atoms with Crippen molar-refractivity contribution in [3.05, 3.63) is 5.82 Å². The van der Waals surface area contributed by atoms with E-state index in [0.29, 0.717) is 5.25 Å². The Morgan fingerprint density at radius 1 is 1.54 bits per heavy atom. The Morgan fingerprint density at radius 2 is 2.23 bits per heavy atom. The molecule has 0 aliphatic rings. The van der Waals surface area contributed by atoms with Crippen molar-refractivity contribution in [3.63, 3.8) is 0 Å². The van der Waals surface area contributed by atoms with Crippen LogP contribution >= 0.6 is 11.8 Å². The Bertz CT molecular complexity index is 271. The summed E-state index contributed by atoms with van der Waals surface area (Å²) in [5.74, 6) is 6.47. The number of thioether (sulfide) groups is 1. The molecule has 0 aromatic carbocycles. The molecule has 74 valence electrons. The van der Waals surface area contributed by atoms with E-state index in [1.54, 1.807) is 11.8 Å². The SMILES string of the molecule is CCC[C@H](C)Sc1nnc(C)n1N. The van der Waals surface area contributed by atoms with E-state index in [9.17, 15) is 0 Å². The third-order valence-corrected chi connectivity index (χ3v) is 2.96. The zero-order chi connectivity index (χ0) is 9.84. The maximum atomic E-state index is 5.72. The van der Waals surface area contributed by atoms with Crippen LogP contribution in [0.15, 0.2) is 5.16 Å². The van der Waals surface area contributed by atoms with Gasteiger partial charge in [0.25, 0.3) is 0 Å². The second-order valence-corrected chi connectivity index (χ2v) is 4.52. The van der Waals surface area contributed by atoms with Gasteiger partial charge in [-0.1, -0.05) is 32.0 Å². The van der Waals surface area contributed by atoms with Crippen LogP contribution in [0.2, 0.25) is 0 Å². The lowest BCUT2D eigenvalue weighted by molar-refractivity contribution is 0.770. The predicted molar refractivity (Wildman–Crippen MR) is 55.1 cm³/mol. The first-order chi connectivity index (χ1) is 6.15. The minimum Gasteiger partial charge on any atom is -0.336 e. The monoisotopic (exact) mass is 200 g/mol. The highest BCUT2D eigenvalue weighted by Crippen LogP contribution is 2.23. The van der Waals surface area contributed by atoms with Crippen LogP contribution in [0.4, 0.5) is 0 Å². The summed E-state index contributed by atoms with van der Waals surface area (Å²) < 4.78 is 1.54. The zero-order valence-electron chi connectivity index (χ0n) is 8.32. The Labute approximate surface area is 82.9 Å². The fraction of sp³-hybridized carbons (Fsp3) is 0.750. The highest BCUT2D eigenvalue weighted by Gasteiger charge is 2.10. The van der Waals surface area contributed by atoms with Gasteiger partial charge in [0, 0.05) is 5.25 Å². The van der Waals surface area contributed by atoms with Crippen LogP contribution in [0.5, 0.6) is 0 Å². The molecule has 1 atom stereocenters. The smallest absolute Gasteiger partial charge is 0.210 e. The lowest BCUT2D eigenvalue weighted by Crippen LogP contribution is -2.12. The quantitative estimate of drug-likeness (QED) is 0.592. The van der Waals surface area contributed by atoms with Crippen LogP contribution < -0.4 is 5.84 Å². The molecule has 0 radical (unpaired) electrons. The molecular weight excluding hydrogens is 184 g/mol. The molecule has 0 saturated heterocycles. The molecule has 0 amide bonds. The zero-order valence-corrected chi connectivity index (χ0v) is 9.14. The van der Waals surface area contributed by atoms with Gasteiger partial charge in [-0.3, -0.25) is 0 Å². The molecule has 0 saturated carbocycles. The molecule has 0 unspecified atom stereocenters. The molecule has 0 bridgehead atoms. The molecular formula is C8H16N4S. The highest BCUT2D eigenvalue weighted by molar-refractivity contribution is 7.99. The number of rotatable bonds is 4. The summed E-state index contributed by atoms with van der Waals surface area (Å²) in [7, 11) is 0. The van der Waals surface area contributed by atoms with Crippen LogP contribution in [0, 0.1) is 6.92 Å². The van der Waals surface area contributed by atoms with Crippen LogP contribution in [0.1, 0.15) is 32.5 Å². The van der Waals surface area contributed by atoms with Gasteiger partial charge in [-0.2, -0.15) is 0 Å². The molecule has 1 rings (SSSR count). The lowest BCUT2D eigenvalue weighted by Gasteiger charge is -2.07. The van der Waals surface area contributed by atoms with Crippen molar-refractivity contribution in [1.82, 2.24) is 14.9 Å². The number of aryl methyl sites for hydroxylation is 1. The van der Waals surface area contributed by atoms with E-state index < -0.39 is 0 Å². The Morgan fingerprint density at radius 3 is 2.69 bits per heavy atom. The van der Waals surface area contributed by atoms with Crippen LogP contribution in [-0.4, -0.2) is 20.1 Å². The molecule has 0 aliphatic carbocycles. The van der Waals surface area contributed by atoms with Crippen molar-refractivity contribution in [1.29, 1.82) is 0 Å².